The molecule has 0 bridgehead atoms. The number of imide groups is 1. The molecule has 0 N–H and O–H groups in total. The number of aryl methyl sites for hydroxylation is 2. The zero-order valence-corrected chi connectivity index (χ0v) is 32.8. The number of hydrogen-bond acceptors (Lipinski definition) is 4. The van der Waals surface area contributed by atoms with Crippen LogP contribution in [-0.4, -0.2) is 37.5 Å². The van der Waals surface area contributed by atoms with Gasteiger partial charge in [0.1, 0.15) is 11.5 Å². The first-order valence-electron chi connectivity index (χ1n) is 20.6. The first-order valence-corrected chi connectivity index (χ1v) is 20.6. The summed E-state index contributed by atoms with van der Waals surface area (Å²) in [5.74, 6) is 1.36. The Kier molecular flexibility index (Phi) is 10.9. The second kappa shape index (κ2) is 16.3. The highest BCUT2D eigenvalue weighted by Gasteiger charge is 2.44. The molecule has 5 aromatic rings. The van der Waals surface area contributed by atoms with Crippen LogP contribution in [0.1, 0.15) is 114 Å². The summed E-state index contributed by atoms with van der Waals surface area (Å²) in [6.45, 7) is 2.73. The molecule has 0 saturated heterocycles. The van der Waals surface area contributed by atoms with Crippen LogP contribution < -0.4 is 9.47 Å². The number of benzene rings is 5. The summed E-state index contributed by atoms with van der Waals surface area (Å²) in [7, 11) is 3.46. The lowest BCUT2D eigenvalue weighted by Gasteiger charge is -2.32. The number of ether oxygens (including phenoxy) is 2. The van der Waals surface area contributed by atoms with Gasteiger partial charge in [0.25, 0.3) is 11.8 Å². The number of hydrogen-bond donors (Lipinski definition) is 0. The van der Waals surface area contributed by atoms with E-state index < -0.39 is 0 Å². The Hall–Kier alpha value is -5.16. The van der Waals surface area contributed by atoms with E-state index in [2.05, 4.69) is 79.7 Å². The smallest absolute Gasteiger partial charge is 0.261 e. The third-order valence-electron chi connectivity index (χ3n) is 12.2. The predicted molar refractivity (Wildman–Crippen MR) is 223 cm³/mol. The van der Waals surface area contributed by atoms with Crippen LogP contribution >= 0.6 is 0 Å². The third-order valence-corrected chi connectivity index (χ3v) is 12.2. The maximum Gasteiger partial charge on any atom is 0.261 e. The summed E-state index contributed by atoms with van der Waals surface area (Å²) in [6.07, 6.45) is 15.0. The van der Waals surface area contributed by atoms with Gasteiger partial charge in [-0.05, 0) is 112 Å². The summed E-state index contributed by atoms with van der Waals surface area (Å²) in [4.78, 5) is 30.6. The minimum absolute atomic E-state index is 0.117. The highest BCUT2D eigenvalue weighted by Crippen LogP contribution is 2.53. The molecule has 8 rings (SSSR count). The van der Waals surface area contributed by atoms with Gasteiger partial charge in [0.2, 0.25) is 0 Å². The van der Waals surface area contributed by atoms with Gasteiger partial charge < -0.3 is 9.47 Å². The van der Waals surface area contributed by atoms with Gasteiger partial charge in [0.15, 0.2) is 0 Å². The predicted octanol–water partition coefficient (Wildman–Crippen LogP) is 12.1. The summed E-state index contributed by atoms with van der Waals surface area (Å²) in [5, 5.41) is 0. The number of rotatable bonds is 15. The minimum Gasteiger partial charge on any atom is -0.496 e. The molecule has 0 saturated carbocycles. The van der Waals surface area contributed by atoms with Crippen molar-refractivity contribution in [1.29, 1.82) is 0 Å². The van der Waals surface area contributed by atoms with Crippen LogP contribution in [0.15, 0.2) is 84.9 Å². The van der Waals surface area contributed by atoms with Gasteiger partial charge in [0, 0.05) is 17.7 Å². The lowest BCUT2D eigenvalue weighted by atomic mass is 9.71. The normalized spacial score (nSPS) is 13.9. The van der Waals surface area contributed by atoms with Gasteiger partial charge in [-0.3, -0.25) is 14.5 Å². The highest BCUT2D eigenvalue weighted by atomic mass is 16.5. The second-order valence-corrected chi connectivity index (χ2v) is 15.6. The van der Waals surface area contributed by atoms with Crippen molar-refractivity contribution in [1.82, 2.24) is 4.90 Å². The Morgan fingerprint density at radius 2 is 0.909 bits per heavy atom. The molecule has 0 atom stereocenters. The van der Waals surface area contributed by atoms with Crippen LogP contribution in [0.25, 0.3) is 44.5 Å². The first kappa shape index (κ1) is 36.8. The van der Waals surface area contributed by atoms with Crippen molar-refractivity contribution in [2.45, 2.75) is 96.8 Å². The molecule has 0 aromatic heterocycles. The topological polar surface area (TPSA) is 55.8 Å². The minimum atomic E-state index is -0.117. The van der Waals surface area contributed by atoms with E-state index in [4.69, 9.17) is 9.47 Å². The van der Waals surface area contributed by atoms with Gasteiger partial charge in [-0.15, -0.1) is 0 Å². The van der Waals surface area contributed by atoms with Gasteiger partial charge in [-0.1, -0.05) is 125 Å². The average Bonchev–Trinajstić information content (AvgIpc) is 3.48. The molecule has 2 aliphatic carbocycles. The first-order chi connectivity index (χ1) is 27.0. The standard InChI is InChI=1S/C50H53NO4/c1-4-5-6-7-8-9-10-11-12-19-28-51-49(52)47-37-26-24-35-29-39(33-20-15-13-16-21-33)43(54-2)31-41(35)45(37)46-38(48(47)50(51)53)27-25-36-30-40(34-22-17-14-18-23-34)44(55-3)32-42(36)46/h13-18,20-23,29-32H,4-12,19,24-28H2,1-3H3. The van der Waals surface area contributed by atoms with Crippen molar-refractivity contribution >= 4 is 11.8 Å². The molecule has 0 radical (unpaired) electrons. The summed E-state index contributed by atoms with van der Waals surface area (Å²) in [6, 6.07) is 29.7. The zero-order chi connectivity index (χ0) is 37.9. The molecule has 5 heteroatoms. The van der Waals surface area contributed by atoms with Gasteiger partial charge in [-0.2, -0.15) is 0 Å². The SMILES string of the molecule is CCCCCCCCCCCCN1C(=O)c2c3c(c4c(c2C1=O)CCc1cc(-c2ccccc2)c(OC)cc1-4)-c1cc(OC)c(-c2ccccc2)cc1CC3. The quantitative estimate of drug-likeness (QED) is 0.0795. The fraction of sp³-hybridized carbons (Fsp3) is 0.360. The highest BCUT2D eigenvalue weighted by molar-refractivity contribution is 6.25. The van der Waals surface area contributed by atoms with Crippen LogP contribution in [0.3, 0.4) is 0 Å². The van der Waals surface area contributed by atoms with Gasteiger partial charge in [0.05, 0.1) is 25.3 Å². The Morgan fingerprint density at radius 1 is 0.491 bits per heavy atom. The van der Waals surface area contributed by atoms with E-state index in [1.165, 1.54) is 56.1 Å². The fourth-order valence-corrected chi connectivity index (χ4v) is 9.41. The lowest BCUT2D eigenvalue weighted by Crippen LogP contribution is -2.31. The second-order valence-electron chi connectivity index (χ2n) is 15.6. The molecule has 2 amide bonds. The molecule has 0 spiro atoms. The van der Waals surface area contributed by atoms with E-state index in [0.29, 0.717) is 30.5 Å². The lowest BCUT2D eigenvalue weighted by molar-refractivity contribution is 0.0650. The molecular formula is C50H53NO4. The third kappa shape index (κ3) is 6.88. The Balaban J connectivity index is 1.21. The number of nitrogens with zero attached hydrogens (tertiary/aromatic N) is 1. The van der Waals surface area contributed by atoms with E-state index in [9.17, 15) is 9.59 Å². The van der Waals surface area contributed by atoms with E-state index in [1.54, 1.807) is 19.1 Å². The molecule has 1 aliphatic heterocycles. The number of carbonyl (C=O) groups excluding carboxylic acids is 2. The van der Waals surface area contributed by atoms with Crippen LogP contribution in [0, 0.1) is 0 Å². The Morgan fingerprint density at radius 3 is 1.33 bits per heavy atom. The van der Waals surface area contributed by atoms with Crippen LogP contribution in [0.4, 0.5) is 0 Å². The van der Waals surface area contributed by atoms with Crippen molar-refractivity contribution in [2.75, 3.05) is 20.8 Å². The number of fused-ring (bicyclic) bond motifs is 10. The molecule has 282 valence electrons. The summed E-state index contributed by atoms with van der Waals surface area (Å²) < 4.78 is 12.2. The molecule has 55 heavy (non-hydrogen) atoms. The van der Waals surface area contributed by atoms with Gasteiger partial charge >= 0.3 is 0 Å². The summed E-state index contributed by atoms with van der Waals surface area (Å²) in [5.41, 5.74) is 14.4. The maximum atomic E-state index is 14.5. The average molecular weight is 732 g/mol. The maximum absolute atomic E-state index is 14.5. The monoisotopic (exact) mass is 731 g/mol. The number of methoxy groups -OCH3 is 2. The Labute approximate surface area is 326 Å². The van der Waals surface area contributed by atoms with Crippen LogP contribution in [-0.2, 0) is 25.7 Å². The molecule has 5 aromatic carbocycles. The van der Waals surface area contributed by atoms with Crippen molar-refractivity contribution in [3.05, 3.63) is 118 Å². The molecular weight excluding hydrogens is 679 g/mol. The molecule has 5 nitrogen and oxygen atoms in total. The number of amides is 2. The molecule has 1 heterocycles. The Bertz CT molecular complexity index is 2080. The van der Waals surface area contributed by atoms with Gasteiger partial charge in [-0.25, -0.2) is 0 Å². The van der Waals surface area contributed by atoms with Crippen LogP contribution in [0.2, 0.25) is 0 Å². The molecule has 0 fully saturated rings. The van der Waals surface area contributed by atoms with E-state index in [-0.39, 0.29) is 11.8 Å². The van der Waals surface area contributed by atoms with Crippen molar-refractivity contribution < 1.29 is 19.1 Å². The fourth-order valence-electron chi connectivity index (χ4n) is 9.41. The largest absolute Gasteiger partial charge is 0.496 e. The number of carbonyl (C=O) groups is 2. The van der Waals surface area contributed by atoms with Crippen molar-refractivity contribution in [2.24, 2.45) is 0 Å². The van der Waals surface area contributed by atoms with E-state index in [0.717, 1.165) is 99.2 Å². The molecule has 3 aliphatic rings. The summed E-state index contributed by atoms with van der Waals surface area (Å²) >= 11 is 0. The van der Waals surface area contributed by atoms with Crippen LogP contribution in [0.5, 0.6) is 11.5 Å². The van der Waals surface area contributed by atoms with Crippen molar-refractivity contribution in [3.63, 3.8) is 0 Å². The number of unbranched alkanes of at least 4 members (excludes halogenated alkanes) is 9. The zero-order valence-electron chi connectivity index (χ0n) is 32.8. The van der Waals surface area contributed by atoms with Crippen molar-refractivity contribution in [3.8, 4) is 56.0 Å². The van der Waals surface area contributed by atoms with E-state index >= 15 is 0 Å². The molecule has 0 unspecified atom stereocenters. The van der Waals surface area contributed by atoms with E-state index in [1.807, 2.05) is 12.1 Å².